The highest BCUT2D eigenvalue weighted by Crippen LogP contribution is 2.41. The van der Waals surface area contributed by atoms with Crippen LogP contribution in [-0.4, -0.2) is 5.78 Å². The van der Waals surface area contributed by atoms with Crippen LogP contribution in [0.25, 0.3) is 0 Å². The van der Waals surface area contributed by atoms with Crippen LogP contribution in [-0.2, 0) is 6.49 Å². The molecule has 0 radical (unpaired) electrons. The molecule has 7 heteroatoms. The second-order valence-electron chi connectivity index (χ2n) is 4.48. The molecule has 2 rings (SSSR count). The molecule has 1 nitrogen and oxygen atoms in total. The van der Waals surface area contributed by atoms with Gasteiger partial charge >= 0.3 is 0 Å². The molecule has 0 fully saturated rings. The number of hydrogen-bond acceptors (Lipinski definition) is 1. The standard InChI is InChI=1S/C15H8Br2Cl4O/c16-14(18,19)11-5-1-9(2-6-11)13(22)10-3-7-12(8-4-10)15(17,20)21/h1-8H. The molecule has 0 heterocycles. The van der Waals surface area contributed by atoms with Crippen molar-refractivity contribution >= 4 is 84.0 Å². The van der Waals surface area contributed by atoms with Gasteiger partial charge in [-0.15, -0.1) is 0 Å². The highest BCUT2D eigenvalue weighted by atomic mass is 79.9. The highest BCUT2D eigenvalue weighted by molar-refractivity contribution is 9.10. The van der Waals surface area contributed by atoms with Gasteiger partial charge in [0.2, 0.25) is 0 Å². The molecule has 0 amide bonds. The van der Waals surface area contributed by atoms with Gasteiger partial charge in [-0.1, -0.05) is 94.9 Å². The first-order chi connectivity index (χ1) is 10.1. The van der Waals surface area contributed by atoms with E-state index in [1.807, 2.05) is 0 Å². The summed E-state index contributed by atoms with van der Waals surface area (Å²) in [6.45, 7) is 0. The predicted molar refractivity (Wildman–Crippen MR) is 101 cm³/mol. The molecule has 0 aromatic heterocycles. The Labute approximate surface area is 165 Å². The van der Waals surface area contributed by atoms with Gasteiger partial charge in [0.15, 0.2) is 12.3 Å². The minimum Gasteiger partial charge on any atom is -0.289 e. The Hall–Kier alpha value is 0.230. The lowest BCUT2D eigenvalue weighted by molar-refractivity contribution is 0.103. The lowest BCUT2D eigenvalue weighted by Crippen LogP contribution is -2.05. The van der Waals surface area contributed by atoms with Crippen molar-refractivity contribution in [2.24, 2.45) is 0 Å². The fourth-order valence-corrected chi connectivity index (χ4v) is 2.82. The molecular weight excluding hydrogens is 498 g/mol. The zero-order valence-corrected chi connectivity index (χ0v) is 17.0. The Morgan fingerprint density at radius 1 is 0.682 bits per heavy atom. The average molecular weight is 506 g/mol. The minimum atomic E-state index is -1.17. The van der Waals surface area contributed by atoms with Crippen LogP contribution < -0.4 is 0 Å². The van der Waals surface area contributed by atoms with E-state index in [0.717, 1.165) is 0 Å². The van der Waals surface area contributed by atoms with Crippen LogP contribution in [0.4, 0.5) is 0 Å². The first-order valence-corrected chi connectivity index (χ1v) is 9.08. The number of hydrogen-bond donors (Lipinski definition) is 0. The zero-order chi connectivity index (χ0) is 16.5. The molecule has 0 aliphatic heterocycles. The van der Waals surface area contributed by atoms with Gasteiger partial charge in [-0.2, -0.15) is 0 Å². The van der Waals surface area contributed by atoms with Gasteiger partial charge in [0.25, 0.3) is 0 Å². The van der Waals surface area contributed by atoms with Crippen molar-refractivity contribution in [1.82, 2.24) is 0 Å². The highest BCUT2D eigenvalue weighted by Gasteiger charge is 2.23. The summed E-state index contributed by atoms with van der Waals surface area (Å²) in [7, 11) is 0. The normalized spacial score (nSPS) is 12.3. The molecule has 0 saturated heterocycles. The number of carbonyl (C=O) groups is 1. The van der Waals surface area contributed by atoms with Crippen LogP contribution in [0.2, 0.25) is 0 Å². The van der Waals surface area contributed by atoms with Crippen LogP contribution in [0.15, 0.2) is 48.5 Å². The summed E-state index contributed by atoms with van der Waals surface area (Å²) >= 11 is 30.0. The lowest BCUT2D eigenvalue weighted by atomic mass is 10.0. The molecular formula is C15H8Br2Cl4O. The number of alkyl halides is 6. The van der Waals surface area contributed by atoms with Gasteiger partial charge < -0.3 is 0 Å². The lowest BCUT2D eigenvalue weighted by Gasteiger charge is -2.13. The van der Waals surface area contributed by atoms with Crippen molar-refractivity contribution in [3.05, 3.63) is 70.8 Å². The summed E-state index contributed by atoms with van der Waals surface area (Å²) in [5, 5.41) is 0. The van der Waals surface area contributed by atoms with E-state index in [9.17, 15) is 4.79 Å². The quantitative estimate of drug-likeness (QED) is 0.327. The number of rotatable bonds is 4. The molecule has 2 aromatic carbocycles. The van der Waals surface area contributed by atoms with Crippen LogP contribution in [0, 0.1) is 0 Å². The summed E-state index contributed by atoms with van der Waals surface area (Å²) < 4.78 is -2.34. The zero-order valence-electron chi connectivity index (χ0n) is 10.8. The third kappa shape index (κ3) is 4.62. The van der Waals surface area contributed by atoms with Crippen LogP contribution in [0.5, 0.6) is 0 Å². The molecule has 0 spiro atoms. The van der Waals surface area contributed by atoms with Gasteiger partial charge in [0.05, 0.1) is 0 Å². The van der Waals surface area contributed by atoms with Gasteiger partial charge in [-0.05, 0) is 43.0 Å². The van der Waals surface area contributed by atoms with Crippen molar-refractivity contribution in [3.63, 3.8) is 0 Å². The Bertz CT molecular complexity index is 611. The van der Waals surface area contributed by atoms with Crippen LogP contribution in [0.3, 0.4) is 0 Å². The smallest absolute Gasteiger partial charge is 0.197 e. The third-order valence-corrected chi connectivity index (χ3v) is 4.74. The predicted octanol–water partition coefficient (Wildman–Crippen LogP) is 6.88. The van der Waals surface area contributed by atoms with Crippen LogP contribution in [0.1, 0.15) is 27.0 Å². The van der Waals surface area contributed by atoms with E-state index in [2.05, 4.69) is 31.9 Å². The second kappa shape index (κ2) is 7.00. The Morgan fingerprint density at radius 3 is 1.18 bits per heavy atom. The largest absolute Gasteiger partial charge is 0.289 e. The fourth-order valence-electron chi connectivity index (χ4n) is 1.79. The van der Waals surface area contributed by atoms with E-state index in [4.69, 9.17) is 46.4 Å². The van der Waals surface area contributed by atoms with E-state index >= 15 is 0 Å². The fraction of sp³-hybridized carbons (Fsp3) is 0.133. The molecule has 22 heavy (non-hydrogen) atoms. The number of ketones is 1. The molecule has 0 aliphatic rings. The average Bonchev–Trinajstić information content (AvgIpc) is 2.45. The van der Waals surface area contributed by atoms with Crippen LogP contribution >= 0.6 is 78.3 Å². The summed E-state index contributed by atoms with van der Waals surface area (Å²) in [6, 6.07) is 13.5. The molecule has 0 aliphatic carbocycles. The molecule has 0 N–H and O–H groups in total. The minimum absolute atomic E-state index is 0.119. The van der Waals surface area contributed by atoms with E-state index in [1.54, 1.807) is 48.5 Å². The maximum Gasteiger partial charge on any atom is 0.197 e. The maximum absolute atomic E-state index is 12.4. The topological polar surface area (TPSA) is 17.1 Å². The van der Waals surface area contributed by atoms with E-state index < -0.39 is 6.49 Å². The molecule has 0 unspecified atom stereocenters. The monoisotopic (exact) mass is 502 g/mol. The molecule has 0 bridgehead atoms. The van der Waals surface area contributed by atoms with E-state index in [1.165, 1.54) is 0 Å². The SMILES string of the molecule is O=C(c1ccc(C(Cl)(Cl)Br)cc1)c1ccc(C(Cl)(Cl)Br)cc1. The Balaban J connectivity index is 2.25. The second-order valence-corrected chi connectivity index (χ2v) is 11.3. The number of carbonyl (C=O) groups excluding carboxylic acids is 1. The van der Waals surface area contributed by atoms with Gasteiger partial charge in [0, 0.05) is 11.1 Å². The number of benzene rings is 2. The van der Waals surface area contributed by atoms with Gasteiger partial charge in [-0.25, -0.2) is 0 Å². The molecule has 116 valence electrons. The maximum atomic E-state index is 12.4. The van der Waals surface area contributed by atoms with Crippen molar-refractivity contribution in [1.29, 1.82) is 0 Å². The first-order valence-electron chi connectivity index (χ1n) is 5.98. The summed E-state index contributed by atoms with van der Waals surface area (Å²) in [4.78, 5) is 12.4. The summed E-state index contributed by atoms with van der Waals surface area (Å²) in [5.74, 6) is -0.119. The first kappa shape index (κ1) is 18.6. The third-order valence-electron chi connectivity index (χ3n) is 2.95. The van der Waals surface area contributed by atoms with Gasteiger partial charge in [-0.3, -0.25) is 4.79 Å². The molecule has 0 saturated carbocycles. The van der Waals surface area contributed by atoms with Crippen molar-refractivity contribution < 1.29 is 4.79 Å². The Morgan fingerprint density at radius 2 is 0.955 bits per heavy atom. The van der Waals surface area contributed by atoms with Crippen molar-refractivity contribution in [2.45, 2.75) is 6.49 Å². The Kier molecular flexibility index (Phi) is 5.91. The summed E-state index contributed by atoms with van der Waals surface area (Å²) in [6.07, 6.45) is 0. The van der Waals surface area contributed by atoms with Crippen molar-refractivity contribution in [3.8, 4) is 0 Å². The summed E-state index contributed by atoms with van der Waals surface area (Å²) in [5.41, 5.74) is 2.36. The molecule has 0 atom stereocenters. The van der Waals surface area contributed by atoms with E-state index in [0.29, 0.717) is 22.3 Å². The molecule has 2 aromatic rings. The van der Waals surface area contributed by atoms with Gasteiger partial charge in [0.1, 0.15) is 0 Å². The van der Waals surface area contributed by atoms with E-state index in [-0.39, 0.29) is 5.78 Å². The number of halogens is 6. The van der Waals surface area contributed by atoms with Crippen molar-refractivity contribution in [2.75, 3.05) is 0 Å².